The van der Waals surface area contributed by atoms with Crippen molar-refractivity contribution in [1.82, 2.24) is 14.5 Å². The number of aliphatic hydroxyl groups is 1. The van der Waals surface area contributed by atoms with E-state index in [0.29, 0.717) is 31.7 Å². The molecule has 1 saturated heterocycles. The maximum atomic E-state index is 13.3. The zero-order valence-electron chi connectivity index (χ0n) is 21.1. The third kappa shape index (κ3) is 5.35. The third-order valence-corrected chi connectivity index (χ3v) is 6.53. The number of benzene rings is 2. The van der Waals surface area contributed by atoms with Crippen molar-refractivity contribution in [2.24, 2.45) is 0 Å². The van der Waals surface area contributed by atoms with Gasteiger partial charge in [0.2, 0.25) is 0 Å². The minimum Gasteiger partial charge on any atom is -0.507 e. The Kier molecular flexibility index (Phi) is 7.88. The Bertz CT molecular complexity index is 1250. The molecule has 188 valence electrons. The average molecular weight is 488 g/mol. The summed E-state index contributed by atoms with van der Waals surface area (Å²) in [6.07, 6.45) is 7.95. The molecule has 0 spiro atoms. The van der Waals surface area contributed by atoms with Crippen LogP contribution >= 0.6 is 0 Å². The molecule has 1 N–H and O–H groups in total. The second-order valence-electron chi connectivity index (χ2n) is 9.24. The van der Waals surface area contributed by atoms with Crippen LogP contribution in [0.15, 0.2) is 66.8 Å². The molecular formula is C29H33N3O4. The summed E-state index contributed by atoms with van der Waals surface area (Å²) in [5.74, 6) is -0.663. The Labute approximate surface area is 212 Å². The molecule has 36 heavy (non-hydrogen) atoms. The van der Waals surface area contributed by atoms with E-state index in [-0.39, 0.29) is 11.3 Å². The molecule has 0 radical (unpaired) electrons. The lowest BCUT2D eigenvalue weighted by Gasteiger charge is -2.25. The normalized spacial score (nSPS) is 17.1. The molecule has 7 heteroatoms. The van der Waals surface area contributed by atoms with Crippen LogP contribution in [0.2, 0.25) is 0 Å². The molecule has 2 heterocycles. The van der Waals surface area contributed by atoms with Gasteiger partial charge in [-0.2, -0.15) is 0 Å². The number of carbonyl (C=O) groups excluding carboxylic acids is 2. The van der Waals surface area contributed by atoms with Crippen molar-refractivity contribution in [1.29, 1.82) is 0 Å². The zero-order chi connectivity index (χ0) is 25.7. The van der Waals surface area contributed by atoms with Crippen molar-refractivity contribution in [3.8, 4) is 5.75 Å². The molecule has 1 fully saturated rings. The summed E-state index contributed by atoms with van der Waals surface area (Å²) in [5.41, 5.74) is 3.24. The van der Waals surface area contributed by atoms with Crippen LogP contribution in [0.25, 0.3) is 5.76 Å². The van der Waals surface area contributed by atoms with Crippen LogP contribution in [0, 0.1) is 13.8 Å². The summed E-state index contributed by atoms with van der Waals surface area (Å²) in [7, 11) is 0. The lowest BCUT2D eigenvalue weighted by Crippen LogP contribution is -2.31. The van der Waals surface area contributed by atoms with E-state index in [1.165, 1.54) is 0 Å². The van der Waals surface area contributed by atoms with Gasteiger partial charge >= 0.3 is 0 Å². The fourth-order valence-corrected chi connectivity index (χ4v) is 4.52. The number of ether oxygens (including phenoxy) is 1. The van der Waals surface area contributed by atoms with Crippen LogP contribution in [0.5, 0.6) is 5.75 Å². The summed E-state index contributed by atoms with van der Waals surface area (Å²) < 4.78 is 7.73. The van der Waals surface area contributed by atoms with Crippen molar-refractivity contribution in [3.05, 3.63) is 89.0 Å². The summed E-state index contributed by atoms with van der Waals surface area (Å²) in [5, 5.41) is 11.4. The van der Waals surface area contributed by atoms with Crippen molar-refractivity contribution in [2.75, 3.05) is 13.2 Å². The van der Waals surface area contributed by atoms with Gasteiger partial charge in [-0.15, -0.1) is 0 Å². The number of amides is 1. The van der Waals surface area contributed by atoms with Gasteiger partial charge in [0, 0.05) is 31.0 Å². The van der Waals surface area contributed by atoms with E-state index < -0.39 is 17.7 Å². The minimum absolute atomic E-state index is 0.121. The van der Waals surface area contributed by atoms with E-state index in [1.807, 2.05) is 67.1 Å². The number of hydrogen-bond donors (Lipinski definition) is 1. The number of rotatable bonds is 10. The number of unbranched alkanes of at least 4 members (excludes halogenated alkanes) is 1. The molecule has 1 aromatic heterocycles. The monoisotopic (exact) mass is 487 g/mol. The van der Waals surface area contributed by atoms with E-state index in [0.717, 1.165) is 35.3 Å². The quantitative estimate of drug-likeness (QED) is 0.184. The molecule has 1 aliphatic rings. The average Bonchev–Trinajstić information content (AvgIpc) is 3.48. The Hall–Kier alpha value is -3.87. The van der Waals surface area contributed by atoms with Crippen LogP contribution < -0.4 is 4.74 Å². The topological polar surface area (TPSA) is 84.7 Å². The number of hydrogen-bond acceptors (Lipinski definition) is 5. The van der Waals surface area contributed by atoms with Crippen molar-refractivity contribution >= 4 is 17.4 Å². The van der Waals surface area contributed by atoms with Crippen LogP contribution in [0.3, 0.4) is 0 Å². The first-order chi connectivity index (χ1) is 17.4. The van der Waals surface area contributed by atoms with Crippen molar-refractivity contribution < 1.29 is 19.4 Å². The van der Waals surface area contributed by atoms with Gasteiger partial charge in [0.25, 0.3) is 11.7 Å². The molecule has 1 aliphatic heterocycles. The molecule has 0 bridgehead atoms. The molecule has 0 aliphatic carbocycles. The molecule has 4 rings (SSSR count). The van der Waals surface area contributed by atoms with Crippen molar-refractivity contribution in [3.63, 3.8) is 0 Å². The number of ketones is 1. The molecule has 7 nitrogen and oxygen atoms in total. The Morgan fingerprint density at radius 3 is 2.53 bits per heavy atom. The largest absolute Gasteiger partial charge is 0.507 e. The highest BCUT2D eigenvalue weighted by Gasteiger charge is 2.45. The molecular weight excluding hydrogens is 454 g/mol. The van der Waals surface area contributed by atoms with Gasteiger partial charge in [0.15, 0.2) is 0 Å². The predicted octanol–water partition coefficient (Wildman–Crippen LogP) is 5.19. The summed E-state index contributed by atoms with van der Waals surface area (Å²) in [4.78, 5) is 32.1. The maximum absolute atomic E-state index is 13.3. The molecule has 3 aromatic rings. The molecule has 1 atom stereocenters. The first-order valence-corrected chi connectivity index (χ1v) is 12.4. The fourth-order valence-electron chi connectivity index (χ4n) is 4.52. The lowest BCUT2D eigenvalue weighted by molar-refractivity contribution is -0.139. The van der Waals surface area contributed by atoms with Gasteiger partial charge in [0.1, 0.15) is 11.5 Å². The van der Waals surface area contributed by atoms with Crippen molar-refractivity contribution in [2.45, 2.75) is 52.6 Å². The van der Waals surface area contributed by atoms with Gasteiger partial charge in [-0.3, -0.25) is 9.59 Å². The van der Waals surface area contributed by atoms with E-state index in [4.69, 9.17) is 4.74 Å². The highest BCUT2D eigenvalue weighted by Crippen LogP contribution is 2.40. The standard InChI is InChI=1S/C29H33N3O4/c1-4-5-17-36-23-11-9-22(10-12-23)26-25(27(33)24-18-20(2)7-8-21(24)3)28(34)29(35)32(26)15-6-14-31-16-13-30-19-31/h7-13,16,18-19,26,33H,4-6,14-15,17H2,1-3H3. The van der Waals surface area contributed by atoms with E-state index in [9.17, 15) is 14.7 Å². The zero-order valence-corrected chi connectivity index (χ0v) is 21.1. The highest BCUT2D eigenvalue weighted by atomic mass is 16.5. The minimum atomic E-state index is -0.683. The molecule has 2 aromatic carbocycles. The van der Waals surface area contributed by atoms with Gasteiger partial charge in [0.05, 0.1) is 24.5 Å². The van der Waals surface area contributed by atoms with Gasteiger partial charge in [-0.25, -0.2) is 4.98 Å². The number of aromatic nitrogens is 2. The fraction of sp³-hybridized carbons (Fsp3) is 0.345. The second kappa shape index (κ2) is 11.2. The summed E-state index contributed by atoms with van der Waals surface area (Å²) in [6.45, 7) is 7.59. The first kappa shape index (κ1) is 25.2. The van der Waals surface area contributed by atoms with Gasteiger partial charge < -0.3 is 19.3 Å². The molecule has 1 unspecified atom stereocenters. The maximum Gasteiger partial charge on any atom is 0.295 e. The SMILES string of the molecule is CCCCOc1ccc(C2C(=C(O)c3cc(C)ccc3C)C(=O)C(=O)N2CCCn2ccnc2)cc1. The predicted molar refractivity (Wildman–Crippen MR) is 139 cm³/mol. The van der Waals surface area contributed by atoms with Crippen LogP contribution in [0.1, 0.15) is 54.5 Å². The van der Waals surface area contributed by atoms with Gasteiger partial charge in [-0.1, -0.05) is 43.2 Å². The number of nitrogens with zero attached hydrogens (tertiary/aromatic N) is 3. The molecule has 1 amide bonds. The van der Waals surface area contributed by atoms with E-state index >= 15 is 0 Å². The van der Waals surface area contributed by atoms with Crippen LogP contribution in [-0.2, 0) is 16.1 Å². The number of likely N-dealkylation sites (tertiary alicyclic amines) is 1. The lowest BCUT2D eigenvalue weighted by atomic mass is 9.93. The highest BCUT2D eigenvalue weighted by molar-refractivity contribution is 6.46. The summed E-state index contributed by atoms with van der Waals surface area (Å²) >= 11 is 0. The van der Waals surface area contributed by atoms with E-state index in [1.54, 1.807) is 17.4 Å². The Morgan fingerprint density at radius 1 is 1.06 bits per heavy atom. The number of carbonyl (C=O) groups is 2. The number of aryl methyl sites for hydroxylation is 3. The van der Waals surface area contributed by atoms with Gasteiger partial charge in [-0.05, 0) is 56.0 Å². The smallest absolute Gasteiger partial charge is 0.295 e. The number of imidazole rings is 1. The number of aliphatic hydroxyl groups excluding tert-OH is 1. The Morgan fingerprint density at radius 2 is 1.83 bits per heavy atom. The van der Waals surface area contributed by atoms with Crippen LogP contribution in [-0.4, -0.2) is 44.4 Å². The van der Waals surface area contributed by atoms with Crippen LogP contribution in [0.4, 0.5) is 0 Å². The second-order valence-corrected chi connectivity index (χ2v) is 9.24. The first-order valence-electron chi connectivity index (χ1n) is 12.4. The van der Waals surface area contributed by atoms with E-state index in [2.05, 4.69) is 11.9 Å². The Balaban J connectivity index is 1.71. The molecule has 0 saturated carbocycles. The third-order valence-electron chi connectivity index (χ3n) is 6.53. The summed E-state index contributed by atoms with van der Waals surface area (Å²) in [6, 6.07) is 12.5. The number of Topliss-reactive ketones (excluding diaryl/α,β-unsaturated/α-hetero) is 1.